The third kappa shape index (κ3) is 3.07. The Morgan fingerprint density at radius 1 is 1.28 bits per heavy atom. The van der Waals surface area contributed by atoms with Crippen molar-refractivity contribution >= 4 is 28.6 Å². The fraction of sp³-hybridized carbons (Fsp3) is 0.125. The highest BCUT2D eigenvalue weighted by Gasteiger charge is 2.32. The first kappa shape index (κ1) is 17.3. The van der Waals surface area contributed by atoms with Gasteiger partial charge < -0.3 is 9.67 Å². The van der Waals surface area contributed by atoms with Gasteiger partial charge in [-0.1, -0.05) is 18.2 Å². The molecule has 2 heterocycles. The van der Waals surface area contributed by atoms with Crippen LogP contribution in [0.4, 0.5) is 17.6 Å². The zero-order valence-corrected chi connectivity index (χ0v) is 13.5. The number of carboxylic acid groups (broad SMARTS) is 1. The summed E-state index contributed by atoms with van der Waals surface area (Å²) >= 11 is 0.670. The first-order valence-corrected chi connectivity index (χ1v) is 7.73. The van der Waals surface area contributed by atoms with Gasteiger partial charge in [0.15, 0.2) is 5.82 Å². The summed E-state index contributed by atoms with van der Waals surface area (Å²) in [5.74, 6) is -2.38. The molecular weight excluding hydrogens is 360 g/mol. The van der Waals surface area contributed by atoms with Crippen LogP contribution in [0.15, 0.2) is 46.6 Å². The molecule has 2 aromatic heterocycles. The van der Waals surface area contributed by atoms with E-state index in [1.165, 1.54) is 0 Å². The van der Waals surface area contributed by atoms with E-state index in [0.29, 0.717) is 34.9 Å². The van der Waals surface area contributed by atoms with Crippen molar-refractivity contribution in [2.24, 2.45) is 7.05 Å². The Labute approximate surface area is 143 Å². The second-order valence-corrected chi connectivity index (χ2v) is 6.15. The predicted octanol–water partition coefficient (Wildman–Crippen LogP) is 4.58. The lowest BCUT2D eigenvalue weighted by molar-refractivity contribution is -0.138. The molecule has 0 unspecified atom stereocenters. The minimum Gasteiger partial charge on any atom is -0.478 e. The summed E-state index contributed by atoms with van der Waals surface area (Å²) in [7, 11) is 1.60. The van der Waals surface area contributed by atoms with Crippen molar-refractivity contribution < 1.29 is 27.5 Å². The Bertz CT molecular complexity index is 982. The Morgan fingerprint density at radius 2 is 1.96 bits per heavy atom. The number of carbonyl (C=O) groups is 1. The number of aromatic nitrogens is 2. The molecule has 4 nitrogen and oxygen atoms in total. The molecular formula is C16H10F4N2O2S. The Hall–Kier alpha value is -2.55. The smallest absolute Gasteiger partial charge is 0.417 e. The summed E-state index contributed by atoms with van der Waals surface area (Å²) in [6.45, 7) is 0. The lowest BCUT2D eigenvalue weighted by Crippen LogP contribution is -2.07. The number of hydrogen-bond acceptors (Lipinski definition) is 3. The SMILES string of the molecule is Cn1c(Sc2ncc(C(F)(F)F)cc2F)c(C(=O)O)c2ccccc21. The lowest BCUT2D eigenvalue weighted by atomic mass is 10.2. The molecule has 3 rings (SSSR count). The van der Waals surface area contributed by atoms with Gasteiger partial charge >= 0.3 is 12.1 Å². The minimum atomic E-state index is -4.71. The number of alkyl halides is 3. The number of rotatable bonds is 3. The quantitative estimate of drug-likeness (QED) is 0.686. The molecule has 0 saturated heterocycles. The van der Waals surface area contributed by atoms with E-state index >= 15 is 0 Å². The summed E-state index contributed by atoms with van der Waals surface area (Å²) in [6.07, 6.45) is -4.18. The van der Waals surface area contributed by atoms with Crippen LogP contribution < -0.4 is 0 Å². The van der Waals surface area contributed by atoms with Crippen molar-refractivity contribution in [1.29, 1.82) is 0 Å². The summed E-state index contributed by atoms with van der Waals surface area (Å²) < 4.78 is 53.4. The number of aromatic carboxylic acids is 1. The van der Waals surface area contributed by atoms with E-state index in [2.05, 4.69) is 4.98 Å². The van der Waals surface area contributed by atoms with Gasteiger partial charge in [0.2, 0.25) is 0 Å². The molecule has 0 aliphatic rings. The molecule has 0 atom stereocenters. The third-order valence-electron chi connectivity index (χ3n) is 3.60. The second-order valence-electron chi connectivity index (χ2n) is 5.17. The van der Waals surface area contributed by atoms with Gasteiger partial charge in [-0.2, -0.15) is 13.2 Å². The molecule has 0 radical (unpaired) electrons. The number of benzene rings is 1. The van der Waals surface area contributed by atoms with Gasteiger partial charge in [0.05, 0.1) is 16.2 Å². The molecule has 0 aliphatic carbocycles. The van der Waals surface area contributed by atoms with Crippen molar-refractivity contribution in [1.82, 2.24) is 9.55 Å². The van der Waals surface area contributed by atoms with Gasteiger partial charge in [0.1, 0.15) is 5.03 Å². The van der Waals surface area contributed by atoms with Crippen molar-refractivity contribution in [2.75, 3.05) is 0 Å². The number of halogens is 4. The number of aryl methyl sites for hydroxylation is 1. The molecule has 0 amide bonds. The van der Waals surface area contributed by atoms with E-state index in [1.807, 2.05) is 0 Å². The second kappa shape index (κ2) is 6.07. The highest BCUT2D eigenvalue weighted by molar-refractivity contribution is 7.99. The van der Waals surface area contributed by atoms with Crippen molar-refractivity contribution in [3.8, 4) is 0 Å². The van der Waals surface area contributed by atoms with Gasteiger partial charge in [-0.05, 0) is 23.9 Å². The maximum atomic E-state index is 14.0. The molecule has 25 heavy (non-hydrogen) atoms. The summed E-state index contributed by atoms with van der Waals surface area (Å²) in [5, 5.41) is 9.79. The van der Waals surface area contributed by atoms with Gasteiger partial charge in [0.25, 0.3) is 0 Å². The van der Waals surface area contributed by atoms with Crippen LogP contribution in [0.2, 0.25) is 0 Å². The number of carboxylic acids is 1. The van der Waals surface area contributed by atoms with Crippen LogP contribution in [0.3, 0.4) is 0 Å². The topological polar surface area (TPSA) is 55.1 Å². The van der Waals surface area contributed by atoms with Crippen LogP contribution in [0.1, 0.15) is 15.9 Å². The Balaban J connectivity index is 2.11. The van der Waals surface area contributed by atoms with Crippen molar-refractivity contribution in [3.05, 3.63) is 53.5 Å². The van der Waals surface area contributed by atoms with E-state index < -0.39 is 23.5 Å². The zero-order valence-electron chi connectivity index (χ0n) is 12.6. The highest BCUT2D eigenvalue weighted by atomic mass is 32.2. The summed E-state index contributed by atoms with van der Waals surface area (Å²) in [6, 6.07) is 7.04. The van der Waals surface area contributed by atoms with Crippen LogP contribution in [0, 0.1) is 5.82 Å². The molecule has 0 bridgehead atoms. The maximum absolute atomic E-state index is 14.0. The van der Waals surface area contributed by atoms with E-state index in [0.717, 1.165) is 0 Å². The molecule has 0 spiro atoms. The van der Waals surface area contributed by atoms with Gasteiger partial charge in [-0.15, -0.1) is 0 Å². The number of pyridine rings is 1. The van der Waals surface area contributed by atoms with Crippen molar-refractivity contribution in [2.45, 2.75) is 16.2 Å². The standard InChI is InChI=1S/C16H10F4N2O2S/c1-22-11-5-3-2-4-9(11)12(15(23)24)14(22)25-13-10(17)6-8(7-21-13)16(18,19)20/h2-7H,1H3,(H,23,24). The molecule has 0 aliphatic heterocycles. The van der Waals surface area contributed by atoms with E-state index in [9.17, 15) is 27.5 Å². The van der Waals surface area contributed by atoms with Gasteiger partial charge in [-0.25, -0.2) is 14.2 Å². The average molecular weight is 370 g/mol. The zero-order chi connectivity index (χ0) is 18.4. The van der Waals surface area contributed by atoms with Gasteiger partial charge in [0, 0.05) is 24.1 Å². The summed E-state index contributed by atoms with van der Waals surface area (Å²) in [5.41, 5.74) is -0.649. The highest BCUT2D eigenvalue weighted by Crippen LogP contribution is 2.38. The number of nitrogens with zero attached hydrogens (tertiary/aromatic N) is 2. The van der Waals surface area contributed by atoms with E-state index in [4.69, 9.17) is 0 Å². The molecule has 1 N–H and O–H groups in total. The first-order valence-electron chi connectivity index (χ1n) is 6.91. The van der Waals surface area contributed by atoms with Crippen LogP contribution in [-0.4, -0.2) is 20.6 Å². The average Bonchev–Trinajstić information content (AvgIpc) is 2.81. The Morgan fingerprint density at radius 3 is 2.56 bits per heavy atom. The normalized spacial score (nSPS) is 11.9. The van der Waals surface area contributed by atoms with Gasteiger partial charge in [-0.3, -0.25) is 0 Å². The monoisotopic (exact) mass is 370 g/mol. The van der Waals surface area contributed by atoms with E-state index in [1.54, 1.807) is 35.9 Å². The predicted molar refractivity (Wildman–Crippen MR) is 83.2 cm³/mol. The van der Waals surface area contributed by atoms with Crippen molar-refractivity contribution in [3.63, 3.8) is 0 Å². The van der Waals surface area contributed by atoms with Crippen LogP contribution >= 0.6 is 11.8 Å². The molecule has 0 fully saturated rings. The third-order valence-corrected chi connectivity index (χ3v) is 4.76. The fourth-order valence-electron chi connectivity index (χ4n) is 2.44. The number of hydrogen-bond donors (Lipinski definition) is 1. The number of fused-ring (bicyclic) bond motifs is 1. The number of para-hydroxylation sites is 1. The first-order chi connectivity index (χ1) is 11.7. The van der Waals surface area contributed by atoms with Crippen LogP contribution in [0.5, 0.6) is 0 Å². The van der Waals surface area contributed by atoms with E-state index in [-0.39, 0.29) is 15.6 Å². The molecule has 0 saturated carbocycles. The Kier molecular flexibility index (Phi) is 4.19. The largest absolute Gasteiger partial charge is 0.478 e. The van der Waals surface area contributed by atoms with Crippen LogP contribution in [0.25, 0.3) is 10.9 Å². The molecule has 130 valence electrons. The van der Waals surface area contributed by atoms with Crippen LogP contribution in [-0.2, 0) is 13.2 Å². The molecule has 1 aromatic carbocycles. The lowest BCUT2D eigenvalue weighted by Gasteiger charge is -2.09. The maximum Gasteiger partial charge on any atom is 0.417 e. The minimum absolute atomic E-state index is 0.0517. The molecule has 9 heteroatoms. The summed E-state index contributed by atoms with van der Waals surface area (Å²) in [4.78, 5) is 15.1. The molecule has 3 aromatic rings. The fourth-order valence-corrected chi connectivity index (χ4v) is 3.42.